The molecule has 3 rings (SSSR count). The summed E-state index contributed by atoms with van der Waals surface area (Å²) in [5.74, 6) is 7.88. The van der Waals surface area contributed by atoms with E-state index in [1.165, 1.54) is 5.56 Å². The van der Waals surface area contributed by atoms with Gasteiger partial charge in [0.25, 0.3) is 0 Å². The molecule has 3 nitrogen and oxygen atoms in total. The monoisotopic (exact) mass is 322 g/mol. The summed E-state index contributed by atoms with van der Waals surface area (Å²) in [6.45, 7) is 6.69. The Morgan fingerprint density at radius 3 is 2.81 bits per heavy atom. The van der Waals surface area contributed by atoms with Crippen molar-refractivity contribution in [2.45, 2.75) is 42.6 Å². The van der Waals surface area contributed by atoms with Gasteiger partial charge in [-0.2, -0.15) is 23.5 Å². The molecule has 0 amide bonds. The SMILES string of the molecule is Cc1ccc2oc(C(NN)C3CSC(C)C(C)S3)cc2c1. The number of furan rings is 1. The van der Waals surface area contributed by atoms with Gasteiger partial charge in [-0.25, -0.2) is 5.43 Å². The fourth-order valence-electron chi connectivity index (χ4n) is 2.69. The van der Waals surface area contributed by atoms with Gasteiger partial charge in [0.2, 0.25) is 0 Å². The third-order valence-electron chi connectivity index (χ3n) is 4.12. The molecule has 1 aromatic carbocycles. The Kier molecular flexibility index (Phi) is 4.54. The first kappa shape index (κ1) is 15.3. The van der Waals surface area contributed by atoms with Crippen LogP contribution in [-0.4, -0.2) is 21.5 Å². The molecule has 0 aliphatic carbocycles. The van der Waals surface area contributed by atoms with Gasteiger partial charge in [0.05, 0.1) is 6.04 Å². The van der Waals surface area contributed by atoms with E-state index in [0.29, 0.717) is 15.7 Å². The molecule has 1 aliphatic heterocycles. The first-order valence-corrected chi connectivity index (χ1v) is 9.31. The van der Waals surface area contributed by atoms with Crippen molar-refractivity contribution in [2.75, 3.05) is 5.75 Å². The Morgan fingerprint density at radius 1 is 1.29 bits per heavy atom. The molecule has 114 valence electrons. The topological polar surface area (TPSA) is 51.2 Å². The zero-order chi connectivity index (χ0) is 15.0. The van der Waals surface area contributed by atoms with Gasteiger partial charge in [0, 0.05) is 26.9 Å². The highest BCUT2D eigenvalue weighted by Gasteiger charge is 2.33. The Balaban J connectivity index is 1.87. The average Bonchev–Trinajstić information content (AvgIpc) is 2.86. The molecular weight excluding hydrogens is 300 g/mol. The number of fused-ring (bicyclic) bond motifs is 1. The van der Waals surface area contributed by atoms with E-state index in [1.54, 1.807) is 0 Å². The lowest BCUT2D eigenvalue weighted by atomic mass is 10.1. The molecule has 0 saturated carbocycles. The molecule has 2 heterocycles. The molecule has 0 bridgehead atoms. The first-order valence-electron chi connectivity index (χ1n) is 7.32. The van der Waals surface area contributed by atoms with Crippen LogP contribution in [0.15, 0.2) is 28.7 Å². The summed E-state index contributed by atoms with van der Waals surface area (Å²) in [6, 6.07) is 8.46. The minimum Gasteiger partial charge on any atom is -0.459 e. The van der Waals surface area contributed by atoms with Crippen molar-refractivity contribution in [1.82, 2.24) is 5.43 Å². The minimum absolute atomic E-state index is 0.0603. The van der Waals surface area contributed by atoms with Crippen LogP contribution in [-0.2, 0) is 0 Å². The number of hydrogen-bond acceptors (Lipinski definition) is 5. The lowest BCUT2D eigenvalue weighted by molar-refractivity contribution is 0.435. The van der Waals surface area contributed by atoms with Gasteiger partial charge >= 0.3 is 0 Å². The number of rotatable bonds is 3. The van der Waals surface area contributed by atoms with Crippen molar-refractivity contribution < 1.29 is 4.42 Å². The van der Waals surface area contributed by atoms with Crippen molar-refractivity contribution in [1.29, 1.82) is 0 Å². The first-order chi connectivity index (χ1) is 10.1. The van der Waals surface area contributed by atoms with E-state index in [9.17, 15) is 0 Å². The van der Waals surface area contributed by atoms with Crippen molar-refractivity contribution in [3.05, 3.63) is 35.6 Å². The van der Waals surface area contributed by atoms with Gasteiger partial charge < -0.3 is 4.42 Å². The quantitative estimate of drug-likeness (QED) is 0.663. The summed E-state index contributed by atoms with van der Waals surface area (Å²) in [4.78, 5) is 0. The second-order valence-electron chi connectivity index (χ2n) is 5.75. The van der Waals surface area contributed by atoms with Gasteiger partial charge in [-0.15, -0.1) is 0 Å². The standard InChI is InChI=1S/C16H22N2OS2/c1-9-4-5-13-12(6-9)7-14(19-13)16(18-17)15-8-20-10(2)11(3)21-15/h4-7,10-11,15-16,18H,8,17H2,1-3H3. The van der Waals surface area contributed by atoms with Crippen LogP contribution in [0.2, 0.25) is 0 Å². The molecule has 1 saturated heterocycles. The summed E-state index contributed by atoms with van der Waals surface area (Å²) in [6.07, 6.45) is 0. The maximum atomic E-state index is 6.03. The molecule has 1 fully saturated rings. The number of hydrogen-bond donors (Lipinski definition) is 2. The second-order valence-corrected chi connectivity index (χ2v) is 8.78. The highest BCUT2D eigenvalue weighted by Crippen LogP contribution is 2.41. The van der Waals surface area contributed by atoms with Crippen LogP contribution in [0.1, 0.15) is 31.2 Å². The van der Waals surface area contributed by atoms with Crippen LogP contribution in [0.3, 0.4) is 0 Å². The minimum atomic E-state index is 0.0603. The fraction of sp³-hybridized carbons (Fsp3) is 0.500. The number of nitrogens with two attached hydrogens (primary N) is 1. The Bertz CT molecular complexity index is 628. The molecule has 2 aromatic rings. The third-order valence-corrected chi connectivity index (χ3v) is 7.62. The zero-order valence-electron chi connectivity index (χ0n) is 12.6. The molecule has 4 atom stereocenters. The van der Waals surface area contributed by atoms with Crippen LogP contribution < -0.4 is 11.3 Å². The lowest BCUT2D eigenvalue weighted by Gasteiger charge is -2.34. The molecule has 0 radical (unpaired) electrons. The Hall–Kier alpha value is -0.620. The predicted molar refractivity (Wildman–Crippen MR) is 93.8 cm³/mol. The number of hydrazine groups is 1. The van der Waals surface area contributed by atoms with Crippen molar-refractivity contribution in [2.24, 2.45) is 5.84 Å². The highest BCUT2D eigenvalue weighted by atomic mass is 32.2. The zero-order valence-corrected chi connectivity index (χ0v) is 14.3. The van der Waals surface area contributed by atoms with Crippen LogP contribution in [0.4, 0.5) is 0 Å². The second kappa shape index (κ2) is 6.24. The molecular formula is C16H22N2OS2. The highest BCUT2D eigenvalue weighted by molar-refractivity contribution is 8.07. The van der Waals surface area contributed by atoms with Crippen molar-refractivity contribution in [3.8, 4) is 0 Å². The van der Waals surface area contributed by atoms with E-state index in [4.69, 9.17) is 10.3 Å². The molecule has 0 spiro atoms. The van der Waals surface area contributed by atoms with E-state index in [0.717, 1.165) is 22.5 Å². The van der Waals surface area contributed by atoms with Gasteiger partial charge in [-0.05, 0) is 25.1 Å². The van der Waals surface area contributed by atoms with Gasteiger partial charge in [-0.3, -0.25) is 5.84 Å². The fourth-order valence-corrected chi connectivity index (χ4v) is 5.77. The summed E-state index contributed by atoms with van der Waals surface area (Å²) < 4.78 is 6.03. The normalized spacial score (nSPS) is 27.9. The smallest absolute Gasteiger partial charge is 0.134 e. The van der Waals surface area contributed by atoms with Crippen molar-refractivity contribution >= 4 is 34.5 Å². The van der Waals surface area contributed by atoms with E-state index in [-0.39, 0.29) is 6.04 Å². The number of nitrogens with one attached hydrogen (secondary N) is 1. The maximum Gasteiger partial charge on any atom is 0.134 e. The Labute approximate surface area is 134 Å². The summed E-state index contributed by atoms with van der Waals surface area (Å²) in [5, 5.41) is 2.92. The molecule has 21 heavy (non-hydrogen) atoms. The molecule has 1 aliphatic rings. The Morgan fingerprint density at radius 2 is 2.10 bits per heavy atom. The third kappa shape index (κ3) is 3.11. The van der Waals surface area contributed by atoms with Crippen LogP contribution in [0.5, 0.6) is 0 Å². The van der Waals surface area contributed by atoms with Crippen LogP contribution >= 0.6 is 23.5 Å². The summed E-state index contributed by atoms with van der Waals surface area (Å²) in [7, 11) is 0. The van der Waals surface area contributed by atoms with E-state index < -0.39 is 0 Å². The molecule has 4 unspecified atom stereocenters. The lowest BCUT2D eigenvalue weighted by Crippen LogP contribution is -2.40. The van der Waals surface area contributed by atoms with E-state index in [2.05, 4.69) is 44.4 Å². The van der Waals surface area contributed by atoms with Crippen LogP contribution in [0, 0.1) is 6.92 Å². The maximum absolute atomic E-state index is 6.03. The molecule has 1 aromatic heterocycles. The van der Waals surface area contributed by atoms with Gasteiger partial charge in [-0.1, -0.05) is 25.5 Å². The van der Waals surface area contributed by atoms with E-state index in [1.807, 2.05) is 29.6 Å². The number of benzene rings is 1. The predicted octanol–water partition coefficient (Wildman–Crippen LogP) is 3.87. The van der Waals surface area contributed by atoms with Gasteiger partial charge in [0.1, 0.15) is 11.3 Å². The summed E-state index contributed by atoms with van der Waals surface area (Å²) >= 11 is 4.04. The molecule has 5 heteroatoms. The van der Waals surface area contributed by atoms with Crippen molar-refractivity contribution in [3.63, 3.8) is 0 Å². The number of thioether (sulfide) groups is 2. The summed E-state index contributed by atoms with van der Waals surface area (Å²) in [5.41, 5.74) is 5.15. The van der Waals surface area contributed by atoms with Gasteiger partial charge in [0.15, 0.2) is 0 Å². The van der Waals surface area contributed by atoms with Crippen LogP contribution in [0.25, 0.3) is 11.0 Å². The average molecular weight is 322 g/mol. The number of aryl methyl sites for hydroxylation is 1. The largest absolute Gasteiger partial charge is 0.459 e. The van der Waals surface area contributed by atoms with E-state index >= 15 is 0 Å². The molecule has 3 N–H and O–H groups in total.